The number of carbonyl (C=O) groups excluding carboxylic acids is 1. The van der Waals surface area contributed by atoms with Crippen LogP contribution in [0.5, 0.6) is 5.75 Å². The Balaban J connectivity index is 1.35. The minimum absolute atomic E-state index is 0.0452. The van der Waals surface area contributed by atoms with Crippen molar-refractivity contribution >= 4 is 16.9 Å². The molecule has 1 aliphatic rings. The summed E-state index contributed by atoms with van der Waals surface area (Å²) in [7, 11) is 1.65. The molecule has 0 spiro atoms. The Morgan fingerprint density at radius 1 is 1.03 bits per heavy atom. The van der Waals surface area contributed by atoms with Gasteiger partial charge >= 0.3 is 0 Å². The zero-order valence-corrected chi connectivity index (χ0v) is 16.2. The molecule has 29 heavy (non-hydrogen) atoms. The van der Waals surface area contributed by atoms with E-state index in [1.54, 1.807) is 13.3 Å². The average molecular weight is 383 g/mol. The van der Waals surface area contributed by atoms with Crippen LogP contribution < -0.4 is 4.74 Å². The molecule has 3 heterocycles. The number of methoxy groups -OCH3 is 1. The third kappa shape index (κ3) is 3.14. The maximum atomic E-state index is 12.9. The summed E-state index contributed by atoms with van der Waals surface area (Å²) in [5, 5.41) is 0.951. The molecule has 144 valence electrons. The lowest BCUT2D eigenvalue weighted by atomic mass is 9.91. The molecule has 0 unspecified atom stereocenters. The van der Waals surface area contributed by atoms with Gasteiger partial charge in [-0.2, -0.15) is 0 Å². The molecule has 1 saturated heterocycles. The summed E-state index contributed by atoms with van der Waals surface area (Å²) in [6, 6.07) is 22.1. The van der Waals surface area contributed by atoms with Crippen LogP contribution in [0.25, 0.3) is 16.7 Å². The predicted molar refractivity (Wildman–Crippen MR) is 113 cm³/mol. The predicted octanol–water partition coefficient (Wildman–Crippen LogP) is 4.27. The summed E-state index contributed by atoms with van der Waals surface area (Å²) in [5.74, 6) is 1.28. The maximum absolute atomic E-state index is 12.9. The number of aromatic nitrogens is 2. The summed E-state index contributed by atoms with van der Waals surface area (Å²) >= 11 is 0. The molecule has 2 aromatic carbocycles. The number of ether oxygens (including phenoxy) is 1. The van der Waals surface area contributed by atoms with E-state index in [-0.39, 0.29) is 5.91 Å². The zero-order chi connectivity index (χ0) is 19.8. The summed E-state index contributed by atoms with van der Waals surface area (Å²) < 4.78 is 7.24. The molecular formula is C24H21N3O2. The number of fused-ring (bicyclic) bond motifs is 1. The van der Waals surface area contributed by atoms with E-state index in [0.717, 1.165) is 35.6 Å². The number of hydrogen-bond acceptors (Lipinski definition) is 3. The number of benzene rings is 2. The van der Waals surface area contributed by atoms with Crippen LogP contribution in [0.4, 0.5) is 0 Å². The highest BCUT2D eigenvalue weighted by Crippen LogP contribution is 2.29. The smallest absolute Gasteiger partial charge is 0.255 e. The lowest BCUT2D eigenvalue weighted by molar-refractivity contribution is 0.0602. The van der Waals surface area contributed by atoms with E-state index in [4.69, 9.17) is 4.74 Å². The van der Waals surface area contributed by atoms with Gasteiger partial charge in [0.1, 0.15) is 11.4 Å². The fourth-order valence-electron chi connectivity index (χ4n) is 3.86. The second-order valence-electron chi connectivity index (χ2n) is 7.34. The molecule has 0 aliphatic carbocycles. The van der Waals surface area contributed by atoms with Gasteiger partial charge in [0.2, 0.25) is 0 Å². The first-order chi connectivity index (χ1) is 14.2. The quantitative estimate of drug-likeness (QED) is 0.529. The van der Waals surface area contributed by atoms with Crippen LogP contribution in [0.15, 0.2) is 79.1 Å². The average Bonchev–Trinajstić information content (AvgIpc) is 3.16. The SMILES string of the molecule is COc1ccc(-n2ccc3cc(C(=O)N4CC(c5ccccc5)C4)cnc32)cc1. The maximum Gasteiger partial charge on any atom is 0.255 e. The number of amides is 1. The van der Waals surface area contributed by atoms with E-state index >= 15 is 0 Å². The van der Waals surface area contributed by atoms with Gasteiger partial charge in [-0.25, -0.2) is 4.98 Å². The van der Waals surface area contributed by atoms with Crippen LogP contribution in [0.2, 0.25) is 0 Å². The first-order valence-electron chi connectivity index (χ1n) is 9.69. The Morgan fingerprint density at radius 2 is 1.79 bits per heavy atom. The van der Waals surface area contributed by atoms with Crippen molar-refractivity contribution < 1.29 is 9.53 Å². The molecule has 5 nitrogen and oxygen atoms in total. The number of rotatable bonds is 4. The van der Waals surface area contributed by atoms with Gasteiger partial charge in [-0.15, -0.1) is 0 Å². The molecule has 0 bridgehead atoms. The Labute approximate surface area is 169 Å². The molecule has 1 fully saturated rings. The highest BCUT2D eigenvalue weighted by atomic mass is 16.5. The molecule has 2 aromatic heterocycles. The number of pyridine rings is 1. The Kier molecular flexibility index (Phi) is 4.28. The van der Waals surface area contributed by atoms with E-state index in [0.29, 0.717) is 11.5 Å². The third-order valence-corrected chi connectivity index (χ3v) is 5.56. The fourth-order valence-corrected chi connectivity index (χ4v) is 3.86. The van der Waals surface area contributed by atoms with E-state index in [2.05, 4.69) is 17.1 Å². The van der Waals surface area contributed by atoms with Crippen LogP contribution in [-0.2, 0) is 0 Å². The van der Waals surface area contributed by atoms with Gasteiger partial charge in [-0.3, -0.25) is 4.79 Å². The van der Waals surface area contributed by atoms with Crippen LogP contribution in [0.3, 0.4) is 0 Å². The largest absolute Gasteiger partial charge is 0.497 e. The van der Waals surface area contributed by atoms with Gasteiger partial charge in [0.15, 0.2) is 0 Å². The van der Waals surface area contributed by atoms with Crippen molar-refractivity contribution in [3.63, 3.8) is 0 Å². The van der Waals surface area contributed by atoms with Crippen molar-refractivity contribution in [3.05, 3.63) is 90.3 Å². The van der Waals surface area contributed by atoms with Gasteiger partial charge in [-0.05, 0) is 42.0 Å². The highest BCUT2D eigenvalue weighted by molar-refractivity contribution is 5.97. The lowest BCUT2D eigenvalue weighted by Gasteiger charge is -2.39. The van der Waals surface area contributed by atoms with Gasteiger partial charge in [-0.1, -0.05) is 30.3 Å². The Bertz CT molecular complexity index is 1160. The van der Waals surface area contributed by atoms with Crippen LogP contribution in [0.1, 0.15) is 21.8 Å². The summed E-state index contributed by atoms with van der Waals surface area (Å²) in [6.07, 6.45) is 3.66. The first kappa shape index (κ1) is 17.5. The molecule has 5 rings (SSSR count). The molecule has 4 aromatic rings. The Hall–Kier alpha value is -3.60. The molecule has 1 amide bonds. The fraction of sp³-hybridized carbons (Fsp3) is 0.167. The number of nitrogens with zero attached hydrogens (tertiary/aromatic N) is 3. The first-order valence-corrected chi connectivity index (χ1v) is 9.69. The Morgan fingerprint density at radius 3 is 2.52 bits per heavy atom. The summed E-state index contributed by atoms with van der Waals surface area (Å²) in [5.41, 5.74) is 3.76. The third-order valence-electron chi connectivity index (χ3n) is 5.56. The van der Waals surface area contributed by atoms with E-state index < -0.39 is 0 Å². The minimum Gasteiger partial charge on any atom is -0.497 e. The molecule has 5 heteroatoms. The van der Waals surface area contributed by atoms with Crippen LogP contribution >= 0.6 is 0 Å². The van der Waals surface area contributed by atoms with Crippen molar-refractivity contribution in [1.29, 1.82) is 0 Å². The van der Waals surface area contributed by atoms with Crippen LogP contribution in [0, 0.1) is 0 Å². The van der Waals surface area contributed by atoms with Crippen molar-refractivity contribution in [2.45, 2.75) is 5.92 Å². The number of hydrogen-bond donors (Lipinski definition) is 0. The zero-order valence-electron chi connectivity index (χ0n) is 16.2. The highest BCUT2D eigenvalue weighted by Gasteiger charge is 2.32. The summed E-state index contributed by atoms with van der Waals surface area (Å²) in [4.78, 5) is 19.3. The van der Waals surface area contributed by atoms with E-state index in [1.165, 1.54) is 5.56 Å². The standard InChI is InChI=1S/C24H21N3O2/c1-29-22-9-7-21(8-10-22)27-12-11-18-13-19(14-25-23(18)27)24(28)26-15-20(16-26)17-5-3-2-4-6-17/h2-14,20H,15-16H2,1H3. The monoisotopic (exact) mass is 383 g/mol. The molecule has 0 N–H and O–H groups in total. The second kappa shape index (κ2) is 7.09. The lowest BCUT2D eigenvalue weighted by Crippen LogP contribution is -2.48. The topological polar surface area (TPSA) is 47.4 Å². The number of likely N-dealkylation sites (tertiary alicyclic amines) is 1. The van der Waals surface area contributed by atoms with Gasteiger partial charge in [0, 0.05) is 42.5 Å². The van der Waals surface area contributed by atoms with E-state index in [9.17, 15) is 4.79 Å². The van der Waals surface area contributed by atoms with Crippen molar-refractivity contribution in [2.24, 2.45) is 0 Å². The molecule has 0 atom stereocenters. The number of carbonyl (C=O) groups is 1. The van der Waals surface area contributed by atoms with Gasteiger partial charge in [0.05, 0.1) is 12.7 Å². The molecule has 1 aliphatic heterocycles. The molecule has 0 saturated carbocycles. The second-order valence-corrected chi connectivity index (χ2v) is 7.34. The molecule has 0 radical (unpaired) electrons. The minimum atomic E-state index is 0.0452. The van der Waals surface area contributed by atoms with Crippen molar-refractivity contribution in [1.82, 2.24) is 14.5 Å². The molecular weight excluding hydrogens is 362 g/mol. The van der Waals surface area contributed by atoms with E-state index in [1.807, 2.05) is 70.3 Å². The van der Waals surface area contributed by atoms with Gasteiger partial charge < -0.3 is 14.2 Å². The van der Waals surface area contributed by atoms with Gasteiger partial charge in [0.25, 0.3) is 5.91 Å². The van der Waals surface area contributed by atoms with Crippen molar-refractivity contribution in [3.8, 4) is 11.4 Å². The normalized spacial score (nSPS) is 14.0. The summed E-state index contributed by atoms with van der Waals surface area (Å²) in [6.45, 7) is 1.52. The van der Waals surface area contributed by atoms with Crippen LogP contribution in [-0.4, -0.2) is 40.6 Å². The van der Waals surface area contributed by atoms with Crippen molar-refractivity contribution in [2.75, 3.05) is 20.2 Å².